The van der Waals surface area contributed by atoms with E-state index >= 15 is 0 Å². The van der Waals surface area contributed by atoms with Gasteiger partial charge in [0.15, 0.2) is 0 Å². The van der Waals surface area contributed by atoms with Crippen LogP contribution in [0.15, 0.2) is 67.0 Å². The van der Waals surface area contributed by atoms with Gasteiger partial charge in [0.25, 0.3) is 0 Å². The summed E-state index contributed by atoms with van der Waals surface area (Å²) in [5.41, 5.74) is 1.95. The standard InChI is InChI=1S/C24H25N3O2/c28-24(26-21-8-7-18-5-1-2-6-20(18)15-21)29-23-19-9-12-27(13-10-19)22(23)14-17-4-3-11-25-16-17/h1-8,11,15-16,19,22-23H,9-10,12-14H2,(H,26,28)/t22-,23-/m1/s1. The van der Waals surface area contributed by atoms with Gasteiger partial charge in [0.05, 0.1) is 6.04 Å². The van der Waals surface area contributed by atoms with Crippen molar-refractivity contribution in [2.45, 2.75) is 31.4 Å². The largest absolute Gasteiger partial charge is 0.444 e. The summed E-state index contributed by atoms with van der Waals surface area (Å²) < 4.78 is 6.01. The molecule has 3 aromatic rings. The highest BCUT2D eigenvalue weighted by molar-refractivity contribution is 5.91. The Labute approximate surface area is 170 Å². The van der Waals surface area contributed by atoms with E-state index in [1.165, 1.54) is 5.56 Å². The summed E-state index contributed by atoms with van der Waals surface area (Å²) in [4.78, 5) is 19.4. The van der Waals surface area contributed by atoms with Crippen LogP contribution in [0.3, 0.4) is 0 Å². The molecule has 148 valence electrons. The molecule has 5 nitrogen and oxygen atoms in total. The number of carbonyl (C=O) groups is 1. The summed E-state index contributed by atoms with van der Waals surface area (Å²) in [6, 6.07) is 18.3. The zero-order valence-electron chi connectivity index (χ0n) is 16.3. The van der Waals surface area contributed by atoms with Crippen LogP contribution in [0.4, 0.5) is 10.5 Å². The first-order valence-corrected chi connectivity index (χ1v) is 10.4. The summed E-state index contributed by atoms with van der Waals surface area (Å²) in [5, 5.41) is 5.19. The fraction of sp³-hybridized carbons (Fsp3) is 0.333. The van der Waals surface area contributed by atoms with Crippen molar-refractivity contribution in [3.05, 3.63) is 72.6 Å². The molecule has 2 atom stereocenters. The molecule has 29 heavy (non-hydrogen) atoms. The lowest BCUT2D eigenvalue weighted by molar-refractivity contribution is -0.0741. The van der Waals surface area contributed by atoms with E-state index in [0.717, 1.165) is 48.8 Å². The molecule has 5 heteroatoms. The number of pyridine rings is 1. The van der Waals surface area contributed by atoms with Crippen LogP contribution < -0.4 is 5.32 Å². The summed E-state index contributed by atoms with van der Waals surface area (Å²) in [5.74, 6) is 0.434. The van der Waals surface area contributed by atoms with E-state index in [1.807, 2.05) is 48.7 Å². The van der Waals surface area contributed by atoms with Crippen LogP contribution in [0.1, 0.15) is 18.4 Å². The molecule has 1 N–H and O–H groups in total. The quantitative estimate of drug-likeness (QED) is 0.717. The molecule has 1 aromatic heterocycles. The molecule has 0 spiro atoms. The van der Waals surface area contributed by atoms with Gasteiger partial charge in [0.1, 0.15) is 6.10 Å². The van der Waals surface area contributed by atoms with Gasteiger partial charge in [-0.05, 0) is 66.9 Å². The zero-order valence-corrected chi connectivity index (χ0v) is 16.3. The number of hydrogen-bond acceptors (Lipinski definition) is 4. The number of amides is 1. The topological polar surface area (TPSA) is 54.5 Å². The fourth-order valence-corrected chi connectivity index (χ4v) is 4.82. The van der Waals surface area contributed by atoms with Gasteiger partial charge in [-0.15, -0.1) is 0 Å². The number of rotatable bonds is 4. The molecule has 0 saturated carbocycles. The van der Waals surface area contributed by atoms with Crippen LogP contribution in [0.2, 0.25) is 0 Å². The smallest absolute Gasteiger partial charge is 0.411 e. The van der Waals surface area contributed by atoms with Crippen LogP contribution in [0, 0.1) is 5.92 Å². The first-order valence-electron chi connectivity index (χ1n) is 10.4. The molecule has 3 aliphatic heterocycles. The highest BCUT2D eigenvalue weighted by atomic mass is 16.6. The van der Waals surface area contributed by atoms with Crippen molar-refractivity contribution in [2.24, 2.45) is 5.92 Å². The minimum absolute atomic E-state index is 0.0850. The summed E-state index contributed by atoms with van der Waals surface area (Å²) in [7, 11) is 0. The number of carbonyl (C=O) groups excluding carboxylic acids is 1. The number of nitrogens with one attached hydrogen (secondary N) is 1. The maximum atomic E-state index is 12.7. The molecule has 2 aromatic carbocycles. The van der Waals surface area contributed by atoms with Gasteiger partial charge in [0, 0.05) is 24.0 Å². The predicted octanol–water partition coefficient (Wildman–Crippen LogP) is 4.49. The third-order valence-electron chi connectivity index (χ3n) is 6.29. The van der Waals surface area contributed by atoms with Crippen LogP contribution in [-0.4, -0.2) is 41.2 Å². The average molecular weight is 387 g/mol. The Morgan fingerprint density at radius 2 is 1.90 bits per heavy atom. The van der Waals surface area contributed by atoms with E-state index in [0.29, 0.717) is 5.92 Å². The molecule has 4 heterocycles. The van der Waals surface area contributed by atoms with Crippen molar-refractivity contribution in [1.82, 2.24) is 9.88 Å². The molecular weight excluding hydrogens is 362 g/mol. The van der Waals surface area contributed by atoms with Gasteiger partial charge >= 0.3 is 6.09 Å². The number of aromatic nitrogens is 1. The number of hydrogen-bond donors (Lipinski definition) is 1. The van der Waals surface area contributed by atoms with Gasteiger partial charge < -0.3 is 4.74 Å². The molecule has 0 unspecified atom stereocenters. The highest BCUT2D eigenvalue weighted by Gasteiger charge is 2.44. The van der Waals surface area contributed by atoms with E-state index in [2.05, 4.69) is 27.3 Å². The zero-order chi connectivity index (χ0) is 19.6. The van der Waals surface area contributed by atoms with E-state index in [4.69, 9.17) is 4.74 Å². The van der Waals surface area contributed by atoms with Crippen molar-refractivity contribution in [1.29, 1.82) is 0 Å². The van der Waals surface area contributed by atoms with E-state index in [1.54, 1.807) is 6.20 Å². The average Bonchev–Trinajstić information content (AvgIpc) is 2.77. The van der Waals surface area contributed by atoms with E-state index in [-0.39, 0.29) is 18.2 Å². The maximum absolute atomic E-state index is 12.7. The number of anilines is 1. The van der Waals surface area contributed by atoms with Crippen molar-refractivity contribution < 1.29 is 9.53 Å². The lowest BCUT2D eigenvalue weighted by Crippen LogP contribution is -2.60. The molecule has 3 saturated heterocycles. The Kier molecular flexibility index (Phi) is 4.90. The molecule has 0 aliphatic carbocycles. The van der Waals surface area contributed by atoms with Crippen molar-refractivity contribution in [2.75, 3.05) is 18.4 Å². The monoisotopic (exact) mass is 387 g/mol. The molecule has 0 radical (unpaired) electrons. The Bertz CT molecular complexity index is 999. The first kappa shape index (κ1) is 18.1. The van der Waals surface area contributed by atoms with Gasteiger partial charge in [-0.3, -0.25) is 15.2 Å². The molecule has 3 fully saturated rings. The summed E-state index contributed by atoms with van der Waals surface area (Å²) in [6.07, 6.45) is 6.30. The van der Waals surface area contributed by atoms with Crippen molar-refractivity contribution in [3.8, 4) is 0 Å². The van der Waals surface area contributed by atoms with E-state index < -0.39 is 0 Å². The number of benzene rings is 2. The Morgan fingerprint density at radius 3 is 2.69 bits per heavy atom. The van der Waals surface area contributed by atoms with Crippen LogP contribution in [-0.2, 0) is 11.2 Å². The van der Waals surface area contributed by atoms with Crippen LogP contribution in [0.25, 0.3) is 10.8 Å². The third kappa shape index (κ3) is 3.83. The minimum atomic E-state index is -0.366. The summed E-state index contributed by atoms with van der Waals surface area (Å²) in [6.45, 7) is 2.17. The third-order valence-corrected chi connectivity index (χ3v) is 6.29. The molecule has 6 rings (SSSR count). The van der Waals surface area contributed by atoms with E-state index in [9.17, 15) is 4.79 Å². The second kappa shape index (κ2) is 7.84. The number of nitrogens with zero attached hydrogens (tertiary/aromatic N) is 2. The van der Waals surface area contributed by atoms with Crippen LogP contribution >= 0.6 is 0 Å². The molecule has 2 bridgehead atoms. The van der Waals surface area contributed by atoms with Gasteiger partial charge in [-0.1, -0.05) is 36.4 Å². The lowest BCUT2D eigenvalue weighted by atomic mass is 9.78. The predicted molar refractivity (Wildman–Crippen MR) is 114 cm³/mol. The SMILES string of the molecule is O=C(Nc1ccc2ccccc2c1)O[C@@H]1C2CCN(CC2)[C@@H]1Cc1cccnc1. The lowest BCUT2D eigenvalue weighted by Gasteiger charge is -2.50. The van der Waals surface area contributed by atoms with Gasteiger partial charge in [0.2, 0.25) is 0 Å². The number of fused-ring (bicyclic) bond motifs is 4. The Morgan fingerprint density at radius 1 is 1.07 bits per heavy atom. The molecule has 3 aliphatic rings. The second-order valence-electron chi connectivity index (χ2n) is 8.06. The number of piperidine rings is 3. The van der Waals surface area contributed by atoms with Crippen molar-refractivity contribution in [3.63, 3.8) is 0 Å². The van der Waals surface area contributed by atoms with Gasteiger partial charge in [-0.2, -0.15) is 0 Å². The number of ether oxygens (including phenoxy) is 1. The maximum Gasteiger partial charge on any atom is 0.411 e. The molecule has 1 amide bonds. The first-order chi connectivity index (χ1) is 14.3. The Balaban J connectivity index is 1.30. The van der Waals surface area contributed by atoms with Gasteiger partial charge in [-0.25, -0.2) is 4.79 Å². The second-order valence-corrected chi connectivity index (χ2v) is 8.06. The minimum Gasteiger partial charge on any atom is -0.444 e. The normalized spacial score (nSPS) is 25.7. The van der Waals surface area contributed by atoms with Crippen molar-refractivity contribution >= 4 is 22.6 Å². The summed E-state index contributed by atoms with van der Waals surface area (Å²) >= 11 is 0. The Hall–Kier alpha value is -2.92. The van der Waals surface area contributed by atoms with Crippen LogP contribution in [0.5, 0.6) is 0 Å². The fourth-order valence-electron chi connectivity index (χ4n) is 4.82. The highest BCUT2D eigenvalue weighted by Crippen LogP contribution is 2.36. The molecular formula is C24H25N3O2.